The lowest BCUT2D eigenvalue weighted by atomic mass is 9.99. The molecule has 2 heteroatoms. The Kier molecular flexibility index (Phi) is 2.23. The van der Waals surface area contributed by atoms with Crippen LogP contribution in [0.3, 0.4) is 0 Å². The molecule has 1 amide bonds. The van der Waals surface area contributed by atoms with Crippen molar-refractivity contribution in [3.63, 3.8) is 0 Å². The number of anilines is 1. The van der Waals surface area contributed by atoms with Gasteiger partial charge in [-0.3, -0.25) is 4.79 Å². The smallest absolute Gasteiger partial charge is 0.227 e. The first kappa shape index (κ1) is 9.88. The van der Waals surface area contributed by atoms with Crippen molar-refractivity contribution >= 4 is 11.6 Å². The van der Waals surface area contributed by atoms with E-state index in [1.165, 1.54) is 29.7 Å². The lowest BCUT2D eigenvalue weighted by Gasteiger charge is -2.29. The fraction of sp³-hybridized carbons (Fsp3) is 0.500. The number of carbonyl (C=O) groups is 1. The first-order valence-electron chi connectivity index (χ1n) is 6.14. The standard InChI is InChI=1S/C14H17NO/c1-10-2-5-12-6-7-14(16)15(13(12)8-10)9-11-3-4-11/h2,5,8,11H,3-4,6-7,9H2,1H3. The number of hydrogen-bond acceptors (Lipinski definition) is 1. The van der Waals surface area contributed by atoms with Gasteiger partial charge in [0, 0.05) is 18.7 Å². The minimum atomic E-state index is 0.310. The third kappa shape index (κ3) is 1.73. The monoisotopic (exact) mass is 215 g/mol. The second kappa shape index (κ2) is 3.62. The molecule has 1 aromatic carbocycles. The molecule has 16 heavy (non-hydrogen) atoms. The number of carbonyl (C=O) groups excluding carboxylic acids is 1. The largest absolute Gasteiger partial charge is 0.312 e. The first-order valence-corrected chi connectivity index (χ1v) is 6.14. The van der Waals surface area contributed by atoms with Crippen molar-refractivity contribution in [2.24, 2.45) is 5.92 Å². The number of fused-ring (bicyclic) bond motifs is 1. The Morgan fingerprint density at radius 2 is 2.12 bits per heavy atom. The molecule has 84 valence electrons. The zero-order valence-electron chi connectivity index (χ0n) is 9.70. The predicted octanol–water partition coefficient (Wildman–Crippen LogP) is 2.68. The molecular weight excluding hydrogens is 198 g/mol. The van der Waals surface area contributed by atoms with Crippen LogP contribution in [-0.2, 0) is 11.2 Å². The van der Waals surface area contributed by atoms with Crippen LogP contribution in [-0.4, -0.2) is 12.5 Å². The molecule has 0 saturated heterocycles. The van der Waals surface area contributed by atoms with Crippen LogP contribution < -0.4 is 4.90 Å². The van der Waals surface area contributed by atoms with Crippen molar-refractivity contribution in [1.82, 2.24) is 0 Å². The second-order valence-corrected chi connectivity index (χ2v) is 5.08. The van der Waals surface area contributed by atoms with E-state index in [1.807, 2.05) is 4.90 Å². The maximum Gasteiger partial charge on any atom is 0.227 e. The van der Waals surface area contributed by atoms with Crippen molar-refractivity contribution in [2.75, 3.05) is 11.4 Å². The van der Waals surface area contributed by atoms with Crippen LogP contribution in [0, 0.1) is 12.8 Å². The summed E-state index contributed by atoms with van der Waals surface area (Å²) < 4.78 is 0. The van der Waals surface area contributed by atoms with Crippen LogP contribution in [0.15, 0.2) is 18.2 Å². The molecule has 0 radical (unpaired) electrons. The van der Waals surface area contributed by atoms with E-state index in [0.717, 1.165) is 18.9 Å². The van der Waals surface area contributed by atoms with Gasteiger partial charge in [0.05, 0.1) is 0 Å². The van der Waals surface area contributed by atoms with Crippen LogP contribution >= 0.6 is 0 Å². The third-order valence-corrected chi connectivity index (χ3v) is 3.58. The maximum absolute atomic E-state index is 12.0. The van der Waals surface area contributed by atoms with Gasteiger partial charge in [-0.2, -0.15) is 0 Å². The van der Waals surface area contributed by atoms with Gasteiger partial charge < -0.3 is 4.90 Å². The van der Waals surface area contributed by atoms with E-state index in [9.17, 15) is 4.79 Å². The van der Waals surface area contributed by atoms with E-state index in [4.69, 9.17) is 0 Å². The van der Waals surface area contributed by atoms with Crippen LogP contribution in [0.4, 0.5) is 5.69 Å². The molecule has 2 aliphatic rings. The fourth-order valence-corrected chi connectivity index (χ4v) is 2.41. The SMILES string of the molecule is Cc1ccc2c(c1)N(CC1CC1)C(=O)CC2. The van der Waals surface area contributed by atoms with Crippen LogP contribution in [0.1, 0.15) is 30.4 Å². The van der Waals surface area contributed by atoms with Gasteiger partial charge in [-0.25, -0.2) is 0 Å². The van der Waals surface area contributed by atoms with Gasteiger partial charge in [-0.05, 0) is 49.3 Å². The normalized spacial score (nSPS) is 19.8. The summed E-state index contributed by atoms with van der Waals surface area (Å²) >= 11 is 0. The molecule has 1 fully saturated rings. The highest BCUT2D eigenvalue weighted by Gasteiger charge is 2.30. The lowest BCUT2D eigenvalue weighted by Crippen LogP contribution is -2.36. The molecule has 3 rings (SSSR count). The molecule has 0 atom stereocenters. The molecule has 1 saturated carbocycles. The second-order valence-electron chi connectivity index (χ2n) is 5.08. The summed E-state index contributed by atoms with van der Waals surface area (Å²) in [6.45, 7) is 3.03. The van der Waals surface area contributed by atoms with Gasteiger partial charge in [-0.1, -0.05) is 12.1 Å². The highest BCUT2D eigenvalue weighted by Crippen LogP contribution is 2.35. The van der Waals surface area contributed by atoms with Crippen molar-refractivity contribution in [3.8, 4) is 0 Å². The minimum Gasteiger partial charge on any atom is -0.312 e. The topological polar surface area (TPSA) is 20.3 Å². The number of hydrogen-bond donors (Lipinski definition) is 0. The summed E-state index contributed by atoms with van der Waals surface area (Å²) in [7, 11) is 0. The maximum atomic E-state index is 12.0. The molecule has 1 aromatic rings. The van der Waals surface area contributed by atoms with Crippen LogP contribution in [0.2, 0.25) is 0 Å². The quantitative estimate of drug-likeness (QED) is 0.742. The molecule has 1 aliphatic heterocycles. The number of rotatable bonds is 2. The Bertz CT molecular complexity index is 434. The Hall–Kier alpha value is -1.31. The summed E-state index contributed by atoms with van der Waals surface area (Å²) in [6, 6.07) is 6.48. The number of benzene rings is 1. The van der Waals surface area contributed by atoms with Gasteiger partial charge >= 0.3 is 0 Å². The molecular formula is C14H17NO. The van der Waals surface area contributed by atoms with Gasteiger partial charge in [0.15, 0.2) is 0 Å². The molecule has 2 nitrogen and oxygen atoms in total. The van der Waals surface area contributed by atoms with Crippen LogP contribution in [0.25, 0.3) is 0 Å². The first-order chi connectivity index (χ1) is 7.74. The van der Waals surface area contributed by atoms with E-state index in [1.54, 1.807) is 0 Å². The Morgan fingerprint density at radius 3 is 2.88 bits per heavy atom. The van der Waals surface area contributed by atoms with Gasteiger partial charge in [0.2, 0.25) is 5.91 Å². The summed E-state index contributed by atoms with van der Waals surface area (Å²) in [5.74, 6) is 1.07. The number of aryl methyl sites for hydroxylation is 2. The van der Waals surface area contributed by atoms with Crippen molar-refractivity contribution in [2.45, 2.75) is 32.6 Å². The van der Waals surface area contributed by atoms with Crippen LogP contribution in [0.5, 0.6) is 0 Å². The molecule has 0 aromatic heterocycles. The Balaban J connectivity index is 1.96. The molecule has 0 spiro atoms. The summed E-state index contributed by atoms with van der Waals surface area (Å²) in [6.07, 6.45) is 4.19. The zero-order chi connectivity index (χ0) is 11.1. The number of nitrogens with zero attached hydrogens (tertiary/aromatic N) is 1. The molecule has 1 aliphatic carbocycles. The van der Waals surface area contributed by atoms with E-state index in [-0.39, 0.29) is 0 Å². The zero-order valence-corrected chi connectivity index (χ0v) is 9.70. The van der Waals surface area contributed by atoms with E-state index in [2.05, 4.69) is 25.1 Å². The molecule has 0 bridgehead atoms. The summed E-state index contributed by atoms with van der Waals surface area (Å²) in [4.78, 5) is 14.0. The van der Waals surface area contributed by atoms with Crippen molar-refractivity contribution in [3.05, 3.63) is 29.3 Å². The molecule has 0 N–H and O–H groups in total. The third-order valence-electron chi connectivity index (χ3n) is 3.58. The average molecular weight is 215 g/mol. The minimum absolute atomic E-state index is 0.310. The van der Waals surface area contributed by atoms with Crippen molar-refractivity contribution < 1.29 is 4.79 Å². The van der Waals surface area contributed by atoms with Gasteiger partial charge in [0.25, 0.3) is 0 Å². The van der Waals surface area contributed by atoms with Crippen molar-refractivity contribution in [1.29, 1.82) is 0 Å². The summed E-state index contributed by atoms with van der Waals surface area (Å²) in [5, 5.41) is 0. The number of amides is 1. The Labute approximate surface area is 96.3 Å². The molecule has 1 heterocycles. The van der Waals surface area contributed by atoms with E-state index >= 15 is 0 Å². The van der Waals surface area contributed by atoms with Gasteiger partial charge in [0.1, 0.15) is 0 Å². The Morgan fingerprint density at radius 1 is 1.31 bits per heavy atom. The average Bonchev–Trinajstić information content (AvgIpc) is 3.06. The molecule has 0 unspecified atom stereocenters. The van der Waals surface area contributed by atoms with Gasteiger partial charge in [-0.15, -0.1) is 0 Å². The highest BCUT2D eigenvalue weighted by molar-refractivity contribution is 5.96. The fourth-order valence-electron chi connectivity index (χ4n) is 2.41. The highest BCUT2D eigenvalue weighted by atomic mass is 16.2. The lowest BCUT2D eigenvalue weighted by molar-refractivity contribution is -0.118. The van der Waals surface area contributed by atoms with E-state index in [0.29, 0.717) is 12.3 Å². The predicted molar refractivity (Wildman–Crippen MR) is 64.6 cm³/mol. The summed E-state index contributed by atoms with van der Waals surface area (Å²) in [5.41, 5.74) is 3.75. The van der Waals surface area contributed by atoms with E-state index < -0.39 is 0 Å².